The Morgan fingerprint density at radius 3 is 2.34 bits per heavy atom. The minimum atomic E-state index is -1.43. The van der Waals surface area contributed by atoms with E-state index in [1.54, 1.807) is 0 Å². The number of carbonyl (C=O) groups excluding carboxylic acids is 4. The van der Waals surface area contributed by atoms with Gasteiger partial charge in [0.2, 0.25) is 5.91 Å². The Morgan fingerprint density at radius 1 is 1.03 bits per heavy atom. The molecule has 1 atom stereocenters. The second-order valence-electron chi connectivity index (χ2n) is 5.77. The summed E-state index contributed by atoms with van der Waals surface area (Å²) in [5.74, 6) is -3.79. The van der Waals surface area contributed by atoms with Crippen LogP contribution in [-0.4, -0.2) is 30.0 Å². The molecular formula is C18H11Cl3N4O4. The normalized spacial score (nSPS) is 16.9. The predicted octanol–water partition coefficient (Wildman–Crippen LogP) is 3.26. The number of carbonyl (C=O) groups is 4. The third-order valence-electron chi connectivity index (χ3n) is 3.85. The minimum Gasteiger partial charge on any atom is -0.276 e. The number of nitrogens with one attached hydrogen (secondary N) is 2. The molecule has 2 aromatic carbocycles. The monoisotopic (exact) mass is 452 g/mol. The van der Waals surface area contributed by atoms with Gasteiger partial charge in [-0.1, -0.05) is 34.8 Å². The van der Waals surface area contributed by atoms with Gasteiger partial charge in [-0.15, -0.1) is 0 Å². The standard InChI is InChI=1S/C18H11Cl3N4O4/c19-9-1-4-11(5-2-9)25-17(28)13(15(26)23-18(25)29)8-22-24-16(27)12-6-3-10(20)7-14(12)21/h1-8,13H,(H,24,27)(H,23,26,29)/b22-8-/t13-/m0/s1. The second kappa shape index (κ2) is 8.60. The van der Waals surface area contributed by atoms with Crippen molar-refractivity contribution in [3.63, 3.8) is 0 Å². The highest BCUT2D eigenvalue weighted by Gasteiger charge is 2.40. The first-order chi connectivity index (χ1) is 13.8. The SMILES string of the molecule is O=C(N/N=C\[C@H]1C(=O)NC(=O)N(c2ccc(Cl)cc2)C1=O)c1ccc(Cl)cc1Cl. The molecular weight excluding hydrogens is 443 g/mol. The molecule has 0 aliphatic carbocycles. The number of hydrazone groups is 1. The topological polar surface area (TPSA) is 108 Å². The van der Waals surface area contributed by atoms with Gasteiger partial charge in [-0.05, 0) is 42.5 Å². The fraction of sp³-hybridized carbons (Fsp3) is 0.0556. The van der Waals surface area contributed by atoms with Gasteiger partial charge in [-0.25, -0.2) is 15.1 Å². The van der Waals surface area contributed by atoms with Crippen LogP contribution in [0.4, 0.5) is 10.5 Å². The minimum absolute atomic E-state index is 0.102. The average Bonchev–Trinajstić information content (AvgIpc) is 2.65. The summed E-state index contributed by atoms with van der Waals surface area (Å²) in [6.45, 7) is 0. The van der Waals surface area contributed by atoms with Crippen molar-refractivity contribution in [1.82, 2.24) is 10.7 Å². The molecule has 1 aliphatic heterocycles. The summed E-state index contributed by atoms with van der Waals surface area (Å²) in [4.78, 5) is 49.7. The van der Waals surface area contributed by atoms with Crippen LogP contribution in [0.25, 0.3) is 0 Å². The van der Waals surface area contributed by atoms with Crippen molar-refractivity contribution in [1.29, 1.82) is 0 Å². The van der Waals surface area contributed by atoms with Crippen molar-refractivity contribution in [2.45, 2.75) is 0 Å². The molecule has 148 valence electrons. The zero-order chi connectivity index (χ0) is 21.1. The lowest BCUT2D eigenvalue weighted by atomic mass is 10.1. The number of hydrogen-bond donors (Lipinski definition) is 2. The van der Waals surface area contributed by atoms with Gasteiger partial charge in [0.05, 0.1) is 16.3 Å². The lowest BCUT2D eigenvalue weighted by Crippen LogP contribution is -2.58. The highest BCUT2D eigenvalue weighted by molar-refractivity contribution is 6.37. The Balaban J connectivity index is 1.75. The molecule has 5 amide bonds. The smallest absolute Gasteiger partial charge is 0.276 e. The fourth-order valence-corrected chi connectivity index (χ4v) is 3.08. The van der Waals surface area contributed by atoms with E-state index in [1.807, 2.05) is 0 Å². The molecule has 3 rings (SSSR count). The summed E-state index contributed by atoms with van der Waals surface area (Å²) in [7, 11) is 0. The summed E-state index contributed by atoms with van der Waals surface area (Å²) < 4.78 is 0. The largest absolute Gasteiger partial charge is 0.335 e. The maximum Gasteiger partial charge on any atom is 0.335 e. The van der Waals surface area contributed by atoms with Crippen LogP contribution in [0.1, 0.15) is 10.4 Å². The van der Waals surface area contributed by atoms with Crippen LogP contribution >= 0.6 is 34.8 Å². The van der Waals surface area contributed by atoms with Crippen molar-refractivity contribution in [3.8, 4) is 0 Å². The zero-order valence-electron chi connectivity index (χ0n) is 14.4. The average molecular weight is 454 g/mol. The van der Waals surface area contributed by atoms with Gasteiger partial charge in [0.15, 0.2) is 5.92 Å². The van der Waals surface area contributed by atoms with Gasteiger partial charge in [-0.2, -0.15) is 5.10 Å². The Morgan fingerprint density at radius 2 is 1.69 bits per heavy atom. The molecule has 2 aromatic rings. The molecule has 8 nitrogen and oxygen atoms in total. The Labute approximate surface area is 179 Å². The maximum absolute atomic E-state index is 12.6. The van der Waals surface area contributed by atoms with Crippen LogP contribution in [0.2, 0.25) is 15.1 Å². The number of barbiturate groups is 1. The number of urea groups is 1. The highest BCUT2D eigenvalue weighted by atomic mass is 35.5. The van der Waals surface area contributed by atoms with E-state index >= 15 is 0 Å². The van der Waals surface area contributed by atoms with Gasteiger partial charge < -0.3 is 0 Å². The van der Waals surface area contributed by atoms with E-state index in [2.05, 4.69) is 15.8 Å². The van der Waals surface area contributed by atoms with E-state index in [0.717, 1.165) is 11.1 Å². The van der Waals surface area contributed by atoms with Crippen molar-refractivity contribution in [2.75, 3.05) is 4.90 Å². The number of imide groups is 2. The van der Waals surface area contributed by atoms with Crippen molar-refractivity contribution < 1.29 is 19.2 Å². The van der Waals surface area contributed by atoms with E-state index in [9.17, 15) is 19.2 Å². The van der Waals surface area contributed by atoms with Gasteiger partial charge in [0.1, 0.15) is 0 Å². The van der Waals surface area contributed by atoms with E-state index in [-0.39, 0.29) is 16.3 Å². The number of hydrogen-bond acceptors (Lipinski definition) is 5. The van der Waals surface area contributed by atoms with Crippen LogP contribution in [0, 0.1) is 5.92 Å². The molecule has 0 unspecified atom stereocenters. The molecule has 1 aliphatic rings. The van der Waals surface area contributed by atoms with Gasteiger partial charge in [0.25, 0.3) is 11.8 Å². The highest BCUT2D eigenvalue weighted by Crippen LogP contribution is 2.23. The first-order valence-corrected chi connectivity index (χ1v) is 9.14. The Bertz CT molecular complexity index is 1040. The molecule has 0 spiro atoms. The number of amides is 5. The molecule has 0 saturated carbocycles. The maximum atomic E-state index is 12.6. The molecule has 0 aromatic heterocycles. The number of benzene rings is 2. The van der Waals surface area contributed by atoms with Gasteiger partial charge >= 0.3 is 6.03 Å². The summed E-state index contributed by atoms with van der Waals surface area (Å²) >= 11 is 17.5. The van der Waals surface area contributed by atoms with Crippen molar-refractivity contribution >= 4 is 70.5 Å². The summed E-state index contributed by atoms with van der Waals surface area (Å²) in [5, 5.41) is 6.58. The summed E-state index contributed by atoms with van der Waals surface area (Å²) in [6.07, 6.45) is 0.925. The van der Waals surface area contributed by atoms with Crippen LogP contribution in [0.15, 0.2) is 47.6 Å². The predicted molar refractivity (Wildman–Crippen MR) is 108 cm³/mol. The first kappa shape index (κ1) is 20.8. The van der Waals surface area contributed by atoms with Crippen LogP contribution in [-0.2, 0) is 9.59 Å². The lowest BCUT2D eigenvalue weighted by Gasteiger charge is -2.28. The molecule has 1 heterocycles. The second-order valence-corrected chi connectivity index (χ2v) is 7.05. The number of halogens is 3. The summed E-state index contributed by atoms with van der Waals surface area (Å²) in [5.41, 5.74) is 2.50. The lowest BCUT2D eigenvalue weighted by molar-refractivity contribution is -0.131. The molecule has 29 heavy (non-hydrogen) atoms. The van der Waals surface area contributed by atoms with Crippen molar-refractivity contribution in [3.05, 3.63) is 63.1 Å². The molecule has 2 N–H and O–H groups in total. The molecule has 1 saturated heterocycles. The molecule has 0 bridgehead atoms. The van der Waals surface area contributed by atoms with Gasteiger partial charge in [-0.3, -0.25) is 19.7 Å². The van der Waals surface area contributed by atoms with Crippen LogP contribution in [0.3, 0.4) is 0 Å². The first-order valence-electron chi connectivity index (χ1n) is 8.01. The molecule has 1 fully saturated rings. The fourth-order valence-electron chi connectivity index (χ4n) is 2.46. The molecule has 11 heteroatoms. The third kappa shape index (κ3) is 4.56. The number of rotatable bonds is 4. The van der Waals surface area contributed by atoms with Crippen LogP contribution < -0.4 is 15.6 Å². The third-order valence-corrected chi connectivity index (χ3v) is 4.65. The molecule has 0 radical (unpaired) electrons. The van der Waals surface area contributed by atoms with E-state index in [1.165, 1.54) is 42.5 Å². The zero-order valence-corrected chi connectivity index (χ0v) is 16.6. The van der Waals surface area contributed by atoms with E-state index in [0.29, 0.717) is 10.0 Å². The number of nitrogens with zero attached hydrogens (tertiary/aromatic N) is 2. The summed E-state index contributed by atoms with van der Waals surface area (Å²) in [6, 6.07) is 9.25. The number of anilines is 1. The van der Waals surface area contributed by atoms with Crippen molar-refractivity contribution in [2.24, 2.45) is 11.0 Å². The van der Waals surface area contributed by atoms with Crippen LogP contribution in [0.5, 0.6) is 0 Å². The van der Waals surface area contributed by atoms with Gasteiger partial charge in [0, 0.05) is 16.3 Å². The quantitative estimate of drug-likeness (QED) is 0.421. The van der Waals surface area contributed by atoms with E-state index in [4.69, 9.17) is 34.8 Å². The van der Waals surface area contributed by atoms with E-state index < -0.39 is 29.7 Å². The Kier molecular flexibility index (Phi) is 6.17. The Hall–Kier alpha value is -2.94.